The Balaban J connectivity index is 1.45. The van der Waals surface area contributed by atoms with E-state index in [0.29, 0.717) is 17.2 Å². The zero-order valence-electron chi connectivity index (χ0n) is 16.3. The van der Waals surface area contributed by atoms with Crippen molar-refractivity contribution in [2.24, 2.45) is 0 Å². The topological polar surface area (TPSA) is 87.2 Å². The first-order chi connectivity index (χ1) is 14.5. The molecule has 1 aromatic heterocycles. The molecule has 0 bridgehead atoms. The normalized spacial score (nSPS) is 15.8. The van der Waals surface area contributed by atoms with Gasteiger partial charge in [0, 0.05) is 17.9 Å². The van der Waals surface area contributed by atoms with Gasteiger partial charge in [0.25, 0.3) is 5.91 Å². The summed E-state index contributed by atoms with van der Waals surface area (Å²) in [5.74, 6) is -0.796. The van der Waals surface area contributed by atoms with Gasteiger partial charge in [-0.25, -0.2) is 9.18 Å². The zero-order valence-corrected chi connectivity index (χ0v) is 17.1. The SMILES string of the molecule is Cc1ccccc1NC(=O)N1CCCC1c1nnc(C(=O)Nc2ccc(F)cc2)s1. The van der Waals surface area contributed by atoms with Crippen molar-refractivity contribution in [1.82, 2.24) is 15.1 Å². The van der Waals surface area contributed by atoms with Gasteiger partial charge in [-0.15, -0.1) is 10.2 Å². The molecular weight excluding hydrogens is 405 g/mol. The number of hydrogen-bond donors (Lipinski definition) is 2. The summed E-state index contributed by atoms with van der Waals surface area (Å²) in [4.78, 5) is 27.0. The lowest BCUT2D eigenvalue weighted by Gasteiger charge is -2.23. The summed E-state index contributed by atoms with van der Waals surface area (Å²) in [5, 5.41) is 14.6. The predicted molar refractivity (Wildman–Crippen MR) is 113 cm³/mol. The van der Waals surface area contributed by atoms with Crippen molar-refractivity contribution in [2.45, 2.75) is 25.8 Å². The van der Waals surface area contributed by atoms with E-state index in [0.717, 1.165) is 35.4 Å². The number of hydrogen-bond acceptors (Lipinski definition) is 5. The third kappa shape index (κ3) is 4.30. The van der Waals surface area contributed by atoms with Crippen molar-refractivity contribution in [1.29, 1.82) is 0 Å². The summed E-state index contributed by atoms with van der Waals surface area (Å²) < 4.78 is 13.0. The van der Waals surface area contributed by atoms with E-state index < -0.39 is 5.91 Å². The number of rotatable bonds is 4. The van der Waals surface area contributed by atoms with Gasteiger partial charge in [-0.3, -0.25) is 4.79 Å². The molecule has 2 heterocycles. The van der Waals surface area contributed by atoms with E-state index >= 15 is 0 Å². The van der Waals surface area contributed by atoms with E-state index in [-0.39, 0.29) is 22.9 Å². The van der Waals surface area contributed by atoms with E-state index in [1.54, 1.807) is 4.90 Å². The Morgan fingerprint density at radius 2 is 1.87 bits per heavy atom. The summed E-state index contributed by atoms with van der Waals surface area (Å²) in [7, 11) is 0. The third-order valence-electron chi connectivity index (χ3n) is 4.92. The summed E-state index contributed by atoms with van der Waals surface area (Å²) in [6.45, 7) is 2.55. The Labute approximate surface area is 176 Å². The number of nitrogens with zero attached hydrogens (tertiary/aromatic N) is 3. The van der Waals surface area contributed by atoms with Gasteiger partial charge in [-0.2, -0.15) is 0 Å². The van der Waals surface area contributed by atoms with Crippen LogP contribution < -0.4 is 10.6 Å². The first-order valence-corrected chi connectivity index (χ1v) is 10.4. The highest BCUT2D eigenvalue weighted by Crippen LogP contribution is 2.34. The Morgan fingerprint density at radius 3 is 2.63 bits per heavy atom. The lowest BCUT2D eigenvalue weighted by atomic mass is 10.2. The number of halogens is 1. The molecule has 1 fully saturated rings. The largest absolute Gasteiger partial charge is 0.322 e. The number of aryl methyl sites for hydroxylation is 1. The molecule has 30 heavy (non-hydrogen) atoms. The number of likely N-dealkylation sites (tertiary alicyclic amines) is 1. The summed E-state index contributed by atoms with van der Waals surface area (Å²) in [5.41, 5.74) is 2.22. The van der Waals surface area contributed by atoms with Crippen molar-refractivity contribution in [3.63, 3.8) is 0 Å². The van der Waals surface area contributed by atoms with Gasteiger partial charge in [0.1, 0.15) is 10.8 Å². The minimum absolute atomic E-state index is 0.195. The second-order valence-corrected chi connectivity index (χ2v) is 8.01. The maximum atomic E-state index is 13.0. The van der Waals surface area contributed by atoms with Crippen molar-refractivity contribution in [3.05, 3.63) is 69.9 Å². The van der Waals surface area contributed by atoms with Gasteiger partial charge in [-0.05, 0) is 55.7 Å². The molecule has 0 radical (unpaired) electrons. The number of benzene rings is 2. The Hall–Kier alpha value is -3.33. The second kappa shape index (κ2) is 8.58. The average molecular weight is 425 g/mol. The van der Waals surface area contributed by atoms with Gasteiger partial charge in [-0.1, -0.05) is 29.5 Å². The van der Waals surface area contributed by atoms with Crippen LogP contribution in [0.4, 0.5) is 20.6 Å². The van der Waals surface area contributed by atoms with Crippen LogP contribution in [0.3, 0.4) is 0 Å². The lowest BCUT2D eigenvalue weighted by molar-refractivity contribution is 0.102. The fraction of sp³-hybridized carbons (Fsp3) is 0.238. The highest BCUT2D eigenvalue weighted by molar-refractivity contribution is 7.13. The minimum atomic E-state index is -0.417. The number of nitrogens with one attached hydrogen (secondary N) is 2. The first kappa shape index (κ1) is 20.0. The van der Waals surface area contributed by atoms with Gasteiger partial charge >= 0.3 is 6.03 Å². The van der Waals surface area contributed by atoms with Gasteiger partial charge < -0.3 is 15.5 Å². The van der Waals surface area contributed by atoms with Crippen LogP contribution in [0, 0.1) is 12.7 Å². The average Bonchev–Trinajstić information content (AvgIpc) is 3.40. The Kier molecular flexibility index (Phi) is 5.71. The van der Waals surface area contributed by atoms with Crippen LogP contribution in [-0.2, 0) is 0 Å². The maximum absolute atomic E-state index is 13.0. The molecule has 1 aliphatic rings. The number of aromatic nitrogens is 2. The smallest absolute Gasteiger partial charge is 0.320 e. The highest BCUT2D eigenvalue weighted by atomic mass is 32.1. The molecule has 4 rings (SSSR count). The van der Waals surface area contributed by atoms with Gasteiger partial charge in [0.05, 0.1) is 6.04 Å². The van der Waals surface area contributed by atoms with Crippen LogP contribution in [0.15, 0.2) is 48.5 Å². The number of anilines is 2. The zero-order chi connectivity index (χ0) is 21.1. The molecule has 0 spiro atoms. The molecule has 0 saturated carbocycles. The quantitative estimate of drug-likeness (QED) is 0.639. The molecule has 1 aliphatic heterocycles. The van der Waals surface area contributed by atoms with Gasteiger partial charge in [0.15, 0.2) is 0 Å². The predicted octanol–water partition coefficient (Wildman–Crippen LogP) is 4.61. The number of carbonyl (C=O) groups is 2. The van der Waals surface area contributed by atoms with Gasteiger partial charge in [0.2, 0.25) is 5.01 Å². The van der Waals surface area contributed by atoms with Crippen LogP contribution in [0.5, 0.6) is 0 Å². The second-order valence-electron chi connectivity index (χ2n) is 7.00. The fourth-order valence-electron chi connectivity index (χ4n) is 3.35. The minimum Gasteiger partial charge on any atom is -0.320 e. The Bertz CT molecular complexity index is 1070. The van der Waals surface area contributed by atoms with E-state index in [9.17, 15) is 14.0 Å². The van der Waals surface area contributed by atoms with Crippen LogP contribution in [-0.4, -0.2) is 33.6 Å². The summed E-state index contributed by atoms with van der Waals surface area (Å²) >= 11 is 1.16. The number of urea groups is 1. The highest BCUT2D eigenvalue weighted by Gasteiger charge is 2.33. The fourth-order valence-corrected chi connectivity index (χ4v) is 4.23. The van der Waals surface area contributed by atoms with E-state index in [4.69, 9.17) is 0 Å². The summed E-state index contributed by atoms with van der Waals surface area (Å²) in [6.07, 6.45) is 1.61. The Morgan fingerprint density at radius 1 is 1.10 bits per heavy atom. The van der Waals surface area contributed by atoms with E-state index in [1.165, 1.54) is 24.3 Å². The van der Waals surface area contributed by atoms with E-state index in [1.807, 2.05) is 31.2 Å². The molecule has 3 aromatic rings. The molecule has 1 unspecified atom stereocenters. The third-order valence-corrected chi connectivity index (χ3v) is 5.95. The molecule has 0 aliphatic carbocycles. The number of carbonyl (C=O) groups excluding carboxylic acids is 2. The molecule has 2 aromatic carbocycles. The van der Waals surface area contributed by atoms with Crippen LogP contribution in [0.2, 0.25) is 0 Å². The first-order valence-electron chi connectivity index (χ1n) is 9.55. The lowest BCUT2D eigenvalue weighted by Crippen LogP contribution is -2.34. The molecule has 9 heteroatoms. The molecule has 154 valence electrons. The van der Waals surface area contributed by atoms with Crippen LogP contribution >= 0.6 is 11.3 Å². The van der Waals surface area contributed by atoms with Crippen molar-refractivity contribution < 1.29 is 14.0 Å². The molecule has 7 nitrogen and oxygen atoms in total. The van der Waals surface area contributed by atoms with Crippen LogP contribution in [0.25, 0.3) is 0 Å². The number of para-hydroxylation sites is 1. The molecule has 3 amide bonds. The van der Waals surface area contributed by atoms with Crippen molar-refractivity contribution in [3.8, 4) is 0 Å². The van der Waals surface area contributed by atoms with Crippen molar-refractivity contribution in [2.75, 3.05) is 17.2 Å². The summed E-state index contributed by atoms with van der Waals surface area (Å²) in [6, 6.07) is 12.7. The standard InChI is InChI=1S/C21H20FN5O2S/c1-13-5-2-3-6-16(13)24-21(29)27-12-4-7-17(27)19-25-26-20(30-19)18(28)23-15-10-8-14(22)9-11-15/h2-3,5-6,8-11,17H,4,7,12H2,1H3,(H,23,28)(H,24,29). The molecular formula is C21H20FN5O2S. The molecule has 2 N–H and O–H groups in total. The van der Waals surface area contributed by atoms with Crippen molar-refractivity contribution >= 4 is 34.6 Å². The monoisotopic (exact) mass is 425 g/mol. The van der Waals surface area contributed by atoms with E-state index in [2.05, 4.69) is 20.8 Å². The van der Waals surface area contributed by atoms with Crippen LogP contribution in [0.1, 0.15) is 39.3 Å². The molecule has 1 atom stereocenters. The maximum Gasteiger partial charge on any atom is 0.322 e. The number of amides is 3. The molecule has 1 saturated heterocycles.